The number of hydrogen-bond acceptors (Lipinski definition) is 2. The Morgan fingerprint density at radius 3 is 2.26 bits per heavy atom. The van der Waals surface area contributed by atoms with Crippen LogP contribution in [0.2, 0.25) is 0 Å². The van der Waals surface area contributed by atoms with Gasteiger partial charge in [-0.05, 0) is 17.5 Å². The molecule has 2 nitrogen and oxygen atoms in total. The van der Waals surface area contributed by atoms with Crippen LogP contribution < -0.4 is 0 Å². The molecule has 19 heavy (non-hydrogen) atoms. The molecule has 0 atom stereocenters. The molecule has 0 N–H and O–H groups in total. The molecular weight excluding hydrogens is 232 g/mol. The van der Waals surface area contributed by atoms with Gasteiger partial charge in [-0.25, -0.2) is 0 Å². The van der Waals surface area contributed by atoms with E-state index >= 15 is 0 Å². The van der Waals surface area contributed by atoms with Crippen molar-refractivity contribution in [1.82, 2.24) is 0 Å². The molecule has 0 aliphatic rings. The van der Waals surface area contributed by atoms with E-state index in [1.54, 1.807) is 6.08 Å². The molecule has 0 unspecified atom stereocenters. The molecule has 0 aliphatic carbocycles. The van der Waals surface area contributed by atoms with Gasteiger partial charge in [0.1, 0.15) is 5.41 Å². The molecule has 0 heterocycles. The van der Waals surface area contributed by atoms with Gasteiger partial charge in [0, 0.05) is 6.42 Å². The van der Waals surface area contributed by atoms with Gasteiger partial charge in [0.15, 0.2) is 0 Å². The monoisotopic (exact) mass is 252 g/mol. The molecule has 2 heteroatoms. The Bertz CT molecular complexity index is 471. The van der Waals surface area contributed by atoms with Crippen molar-refractivity contribution in [2.24, 2.45) is 5.41 Å². The second kappa shape index (κ2) is 7.39. The normalized spacial score (nSPS) is 10.5. The molecule has 0 bridgehead atoms. The molecule has 0 aliphatic heterocycles. The summed E-state index contributed by atoms with van der Waals surface area (Å²) in [5.74, 6) is 0. The Labute approximate surface area is 116 Å². The van der Waals surface area contributed by atoms with Gasteiger partial charge in [0.2, 0.25) is 0 Å². The third-order valence-corrected chi connectivity index (χ3v) is 3.36. The van der Waals surface area contributed by atoms with E-state index in [4.69, 9.17) is 0 Å². The van der Waals surface area contributed by atoms with Gasteiger partial charge in [0.25, 0.3) is 0 Å². The van der Waals surface area contributed by atoms with Gasteiger partial charge in [0.05, 0.1) is 12.1 Å². The Balaban J connectivity index is 2.80. The smallest absolute Gasteiger partial charge is 0.147 e. The summed E-state index contributed by atoms with van der Waals surface area (Å²) in [4.78, 5) is 0. The van der Waals surface area contributed by atoms with Crippen molar-refractivity contribution < 1.29 is 0 Å². The lowest BCUT2D eigenvalue weighted by atomic mass is 9.80. The molecule has 0 amide bonds. The molecule has 1 rings (SSSR count). The van der Waals surface area contributed by atoms with Crippen LogP contribution >= 0.6 is 0 Å². The van der Waals surface area contributed by atoms with Gasteiger partial charge in [-0.3, -0.25) is 0 Å². The zero-order valence-electron chi connectivity index (χ0n) is 11.5. The number of unbranched alkanes of at least 4 members (excludes halogenated alkanes) is 2. The highest BCUT2D eigenvalue weighted by Gasteiger charge is 2.29. The Hall–Kier alpha value is -2.06. The van der Waals surface area contributed by atoms with Crippen LogP contribution in [0.3, 0.4) is 0 Å². The Kier molecular flexibility index (Phi) is 5.83. The van der Waals surface area contributed by atoms with E-state index in [9.17, 15) is 10.5 Å². The maximum absolute atomic E-state index is 9.35. The maximum atomic E-state index is 9.35. The minimum absolute atomic E-state index is 0.501. The minimum Gasteiger partial charge on any atom is -0.197 e. The van der Waals surface area contributed by atoms with Crippen molar-refractivity contribution in [3.63, 3.8) is 0 Å². The molecule has 0 radical (unpaired) electrons. The van der Waals surface area contributed by atoms with E-state index < -0.39 is 5.41 Å². The maximum Gasteiger partial charge on any atom is 0.147 e. The quantitative estimate of drug-likeness (QED) is 0.671. The third kappa shape index (κ3) is 4.27. The van der Waals surface area contributed by atoms with Crippen molar-refractivity contribution in [3.8, 4) is 12.1 Å². The van der Waals surface area contributed by atoms with Crippen LogP contribution in [0.15, 0.2) is 30.8 Å². The molecule has 0 fully saturated rings. The second-order valence-corrected chi connectivity index (χ2v) is 4.89. The first kappa shape index (κ1) is 15.0. The predicted molar refractivity (Wildman–Crippen MR) is 78.0 cm³/mol. The van der Waals surface area contributed by atoms with Gasteiger partial charge in [-0.15, -0.1) is 0 Å². The van der Waals surface area contributed by atoms with Crippen molar-refractivity contribution in [2.75, 3.05) is 0 Å². The summed E-state index contributed by atoms with van der Waals surface area (Å²) in [5, 5.41) is 18.7. The molecule has 0 spiro atoms. The molecule has 1 aromatic rings. The highest BCUT2D eigenvalue weighted by atomic mass is 14.4. The second-order valence-electron chi connectivity index (χ2n) is 4.89. The number of rotatable bonds is 7. The summed E-state index contributed by atoms with van der Waals surface area (Å²) >= 11 is 0. The fourth-order valence-electron chi connectivity index (χ4n) is 2.10. The lowest BCUT2D eigenvalue weighted by Crippen LogP contribution is -2.19. The van der Waals surface area contributed by atoms with E-state index in [0.29, 0.717) is 12.8 Å². The molecule has 1 aromatic carbocycles. The van der Waals surface area contributed by atoms with E-state index in [-0.39, 0.29) is 0 Å². The molecule has 0 saturated carbocycles. The number of nitrogens with zero attached hydrogens (tertiary/aromatic N) is 2. The average molecular weight is 252 g/mol. The molecule has 0 aromatic heterocycles. The summed E-state index contributed by atoms with van der Waals surface area (Å²) in [7, 11) is 0. The highest BCUT2D eigenvalue weighted by Crippen LogP contribution is 2.28. The Morgan fingerprint density at radius 1 is 1.16 bits per heavy atom. The Morgan fingerprint density at radius 2 is 1.79 bits per heavy atom. The van der Waals surface area contributed by atoms with Crippen molar-refractivity contribution in [3.05, 3.63) is 42.0 Å². The molecule has 0 saturated heterocycles. The van der Waals surface area contributed by atoms with Crippen molar-refractivity contribution >= 4 is 6.08 Å². The van der Waals surface area contributed by atoms with Gasteiger partial charge >= 0.3 is 0 Å². The zero-order valence-corrected chi connectivity index (χ0v) is 11.5. The van der Waals surface area contributed by atoms with Crippen LogP contribution in [0.25, 0.3) is 6.08 Å². The minimum atomic E-state index is -0.884. The first-order valence-electron chi connectivity index (χ1n) is 6.73. The lowest BCUT2D eigenvalue weighted by molar-refractivity contribution is 0.445. The highest BCUT2D eigenvalue weighted by molar-refractivity contribution is 5.47. The van der Waals surface area contributed by atoms with Crippen LogP contribution in [-0.2, 0) is 6.42 Å². The first-order chi connectivity index (χ1) is 9.19. The van der Waals surface area contributed by atoms with E-state index in [0.717, 1.165) is 30.4 Å². The summed E-state index contributed by atoms with van der Waals surface area (Å²) in [5.41, 5.74) is 1.20. The van der Waals surface area contributed by atoms with E-state index in [1.807, 2.05) is 24.3 Å². The standard InChI is InChI=1S/C17H20N2/c1-3-5-6-11-17(13-18,14-19)12-16-9-7-15(4-2)8-10-16/h4,7-10H,2-3,5-6,11-12H2,1H3. The zero-order chi connectivity index (χ0) is 14.1. The summed E-state index contributed by atoms with van der Waals surface area (Å²) in [6, 6.07) is 12.3. The van der Waals surface area contributed by atoms with Crippen LogP contribution in [0.1, 0.15) is 43.7 Å². The molecule has 98 valence electrons. The topological polar surface area (TPSA) is 47.6 Å². The number of benzene rings is 1. The SMILES string of the molecule is C=Cc1ccc(CC(C#N)(C#N)CCCCC)cc1. The number of nitriles is 2. The fourth-order valence-corrected chi connectivity index (χ4v) is 2.10. The summed E-state index contributed by atoms with van der Waals surface area (Å²) in [6.45, 7) is 5.83. The van der Waals surface area contributed by atoms with Crippen LogP contribution in [0, 0.1) is 28.1 Å². The van der Waals surface area contributed by atoms with Crippen molar-refractivity contribution in [2.45, 2.75) is 39.0 Å². The first-order valence-corrected chi connectivity index (χ1v) is 6.73. The van der Waals surface area contributed by atoms with Crippen molar-refractivity contribution in [1.29, 1.82) is 10.5 Å². The third-order valence-electron chi connectivity index (χ3n) is 3.36. The summed E-state index contributed by atoms with van der Waals surface area (Å²) in [6.07, 6.45) is 6.04. The van der Waals surface area contributed by atoms with Crippen LogP contribution in [-0.4, -0.2) is 0 Å². The van der Waals surface area contributed by atoms with E-state index in [1.165, 1.54) is 0 Å². The molecular formula is C17H20N2. The number of hydrogen-bond donors (Lipinski definition) is 0. The van der Waals surface area contributed by atoms with Gasteiger partial charge in [-0.1, -0.05) is 63.1 Å². The summed E-state index contributed by atoms with van der Waals surface area (Å²) < 4.78 is 0. The fraction of sp³-hybridized carbons (Fsp3) is 0.412. The van der Waals surface area contributed by atoms with E-state index in [2.05, 4.69) is 25.6 Å². The van der Waals surface area contributed by atoms with Crippen LogP contribution in [0.5, 0.6) is 0 Å². The average Bonchev–Trinajstić information content (AvgIpc) is 2.47. The lowest BCUT2D eigenvalue weighted by Gasteiger charge is -2.18. The largest absolute Gasteiger partial charge is 0.197 e. The van der Waals surface area contributed by atoms with Crippen LogP contribution in [0.4, 0.5) is 0 Å². The van der Waals surface area contributed by atoms with Gasteiger partial charge in [-0.2, -0.15) is 10.5 Å². The predicted octanol–water partition coefficient (Wildman–Crippen LogP) is 4.49. The van der Waals surface area contributed by atoms with Gasteiger partial charge < -0.3 is 0 Å².